The standard InChI is InChI=1S/C11H10Cl3IN4.ClH/c12-11(13,14)10-18-8-2-1-6(15)5-7(8)9(19-10)17-4-3-16;/h1-2,5H,3-4,16H2,(H,17,18,19);1H. The van der Waals surface area contributed by atoms with Crippen molar-refractivity contribution in [2.24, 2.45) is 5.73 Å². The number of hydrogen-bond donors (Lipinski definition) is 2. The topological polar surface area (TPSA) is 63.8 Å². The van der Waals surface area contributed by atoms with Gasteiger partial charge in [-0.1, -0.05) is 34.8 Å². The smallest absolute Gasteiger partial charge is 0.250 e. The van der Waals surface area contributed by atoms with E-state index in [1.165, 1.54) is 0 Å². The first kappa shape index (κ1) is 18.3. The predicted octanol–water partition coefficient (Wildman–Crippen LogP) is 3.85. The molecule has 0 unspecified atom stereocenters. The van der Waals surface area contributed by atoms with Crippen molar-refractivity contribution < 1.29 is 0 Å². The predicted molar refractivity (Wildman–Crippen MR) is 96.3 cm³/mol. The highest BCUT2D eigenvalue weighted by Crippen LogP contribution is 2.37. The number of nitrogens with one attached hydrogen (secondary N) is 1. The first-order valence-corrected chi connectivity index (χ1v) is 7.61. The van der Waals surface area contributed by atoms with Crippen LogP contribution in [0.25, 0.3) is 10.9 Å². The third-order valence-corrected chi connectivity index (χ3v) is 3.53. The minimum Gasteiger partial charge on any atom is -0.368 e. The molecule has 0 amide bonds. The fourth-order valence-corrected chi connectivity index (χ4v) is 2.30. The van der Waals surface area contributed by atoms with Gasteiger partial charge >= 0.3 is 0 Å². The SMILES string of the molecule is Cl.NCCNc1nc(C(Cl)(Cl)Cl)nc2ccc(I)cc12. The van der Waals surface area contributed by atoms with E-state index in [0.717, 1.165) is 14.5 Å². The molecule has 3 N–H and O–H groups in total. The maximum absolute atomic E-state index is 5.85. The Labute approximate surface area is 151 Å². The Kier molecular flexibility index (Phi) is 6.82. The Balaban J connectivity index is 0.00000200. The van der Waals surface area contributed by atoms with Crippen LogP contribution in [0.1, 0.15) is 5.82 Å². The van der Waals surface area contributed by atoms with Gasteiger partial charge in [0.15, 0.2) is 5.82 Å². The molecule has 0 saturated carbocycles. The van der Waals surface area contributed by atoms with Gasteiger partial charge in [-0.05, 0) is 40.8 Å². The van der Waals surface area contributed by atoms with E-state index < -0.39 is 3.79 Å². The highest BCUT2D eigenvalue weighted by molar-refractivity contribution is 14.1. The molecule has 9 heteroatoms. The molecule has 0 atom stereocenters. The number of alkyl halides is 3. The van der Waals surface area contributed by atoms with Gasteiger partial charge in [0.25, 0.3) is 0 Å². The summed E-state index contributed by atoms with van der Waals surface area (Å²) in [7, 11) is 0. The molecule has 0 bridgehead atoms. The van der Waals surface area contributed by atoms with E-state index in [1.54, 1.807) is 0 Å². The molecule has 1 aromatic heterocycles. The monoisotopic (exact) mass is 466 g/mol. The number of nitrogens with two attached hydrogens (primary N) is 1. The van der Waals surface area contributed by atoms with Crippen molar-refractivity contribution in [1.82, 2.24) is 9.97 Å². The maximum Gasteiger partial charge on any atom is 0.250 e. The van der Waals surface area contributed by atoms with Crippen LogP contribution in [-0.2, 0) is 3.79 Å². The van der Waals surface area contributed by atoms with Gasteiger partial charge in [0, 0.05) is 22.0 Å². The molecule has 0 aliphatic heterocycles. The second-order valence-electron chi connectivity index (χ2n) is 3.77. The molecule has 0 fully saturated rings. The zero-order valence-corrected chi connectivity index (χ0v) is 15.3. The van der Waals surface area contributed by atoms with E-state index in [9.17, 15) is 0 Å². The summed E-state index contributed by atoms with van der Waals surface area (Å²) in [5, 5.41) is 4.00. The lowest BCUT2D eigenvalue weighted by atomic mass is 10.2. The van der Waals surface area contributed by atoms with Crippen molar-refractivity contribution >= 4 is 86.5 Å². The Hall–Kier alpha value is 0.210. The molecular weight excluding hydrogens is 457 g/mol. The Morgan fingerprint density at radius 1 is 1.25 bits per heavy atom. The van der Waals surface area contributed by atoms with Crippen molar-refractivity contribution in [1.29, 1.82) is 0 Å². The van der Waals surface area contributed by atoms with Crippen LogP contribution in [0.3, 0.4) is 0 Å². The Bertz CT molecular complexity index is 603. The summed E-state index contributed by atoms with van der Waals surface area (Å²) in [4.78, 5) is 8.55. The molecule has 0 aliphatic rings. The summed E-state index contributed by atoms with van der Waals surface area (Å²) in [6.45, 7) is 1.06. The molecule has 2 aromatic rings. The van der Waals surface area contributed by atoms with Gasteiger partial charge < -0.3 is 11.1 Å². The van der Waals surface area contributed by atoms with Crippen LogP contribution >= 0.6 is 69.8 Å². The molecule has 0 saturated heterocycles. The van der Waals surface area contributed by atoms with Crippen molar-refractivity contribution in [3.63, 3.8) is 0 Å². The largest absolute Gasteiger partial charge is 0.368 e. The van der Waals surface area contributed by atoms with E-state index in [0.29, 0.717) is 18.9 Å². The number of rotatable bonds is 3. The van der Waals surface area contributed by atoms with Crippen molar-refractivity contribution in [2.45, 2.75) is 3.79 Å². The molecule has 20 heavy (non-hydrogen) atoms. The van der Waals surface area contributed by atoms with Crippen LogP contribution in [0.15, 0.2) is 18.2 Å². The molecule has 0 spiro atoms. The number of nitrogens with zero attached hydrogens (tertiary/aromatic N) is 2. The van der Waals surface area contributed by atoms with Crippen LogP contribution in [-0.4, -0.2) is 23.1 Å². The lowest BCUT2D eigenvalue weighted by molar-refractivity contribution is 0.967. The molecule has 1 aromatic carbocycles. The molecule has 1 heterocycles. The number of aromatic nitrogens is 2. The highest BCUT2D eigenvalue weighted by Gasteiger charge is 2.28. The zero-order chi connectivity index (χ0) is 14.0. The van der Waals surface area contributed by atoms with E-state index >= 15 is 0 Å². The van der Waals surface area contributed by atoms with E-state index in [1.807, 2.05) is 18.2 Å². The van der Waals surface area contributed by atoms with Crippen LogP contribution in [0.4, 0.5) is 5.82 Å². The molecule has 2 rings (SSSR count). The second-order valence-corrected chi connectivity index (χ2v) is 7.30. The summed E-state index contributed by atoms with van der Waals surface area (Å²) in [6.07, 6.45) is 0. The number of halogens is 5. The summed E-state index contributed by atoms with van der Waals surface area (Å²) < 4.78 is -0.581. The van der Waals surface area contributed by atoms with E-state index in [-0.39, 0.29) is 18.2 Å². The lowest BCUT2D eigenvalue weighted by Gasteiger charge is -2.14. The number of fused-ring (bicyclic) bond motifs is 1. The molecule has 0 radical (unpaired) electrons. The Morgan fingerprint density at radius 2 is 1.95 bits per heavy atom. The van der Waals surface area contributed by atoms with Crippen LogP contribution < -0.4 is 11.1 Å². The van der Waals surface area contributed by atoms with Crippen molar-refractivity contribution in [2.75, 3.05) is 18.4 Å². The normalized spacial score (nSPS) is 11.2. The first-order valence-electron chi connectivity index (χ1n) is 5.40. The maximum atomic E-state index is 5.85. The van der Waals surface area contributed by atoms with E-state index in [2.05, 4.69) is 37.9 Å². The average molecular weight is 468 g/mol. The van der Waals surface area contributed by atoms with Gasteiger partial charge in [0.05, 0.1) is 5.52 Å². The van der Waals surface area contributed by atoms with Crippen molar-refractivity contribution in [3.8, 4) is 0 Å². The van der Waals surface area contributed by atoms with E-state index in [4.69, 9.17) is 40.5 Å². The average Bonchev–Trinajstić information content (AvgIpc) is 2.34. The highest BCUT2D eigenvalue weighted by atomic mass is 127. The minimum atomic E-state index is -1.66. The molecule has 4 nitrogen and oxygen atoms in total. The van der Waals surface area contributed by atoms with Gasteiger partial charge in [-0.3, -0.25) is 0 Å². The van der Waals surface area contributed by atoms with Gasteiger partial charge in [-0.15, -0.1) is 12.4 Å². The zero-order valence-electron chi connectivity index (χ0n) is 10.0. The fraction of sp³-hybridized carbons (Fsp3) is 0.273. The number of anilines is 1. The molecule has 110 valence electrons. The first-order chi connectivity index (χ1) is 8.91. The van der Waals surface area contributed by atoms with Gasteiger partial charge in [0.2, 0.25) is 3.79 Å². The van der Waals surface area contributed by atoms with Crippen LogP contribution in [0.5, 0.6) is 0 Å². The van der Waals surface area contributed by atoms with Gasteiger partial charge in [0.1, 0.15) is 5.82 Å². The summed E-state index contributed by atoms with van der Waals surface area (Å²) in [5.74, 6) is 0.765. The van der Waals surface area contributed by atoms with Gasteiger partial charge in [-0.25, -0.2) is 9.97 Å². The Morgan fingerprint density at radius 3 is 2.55 bits per heavy atom. The summed E-state index contributed by atoms with van der Waals surface area (Å²) >= 11 is 19.8. The molecular formula is C11H11Cl4IN4. The number of benzene rings is 1. The van der Waals surface area contributed by atoms with Crippen LogP contribution in [0.2, 0.25) is 0 Å². The third-order valence-electron chi connectivity index (χ3n) is 2.35. The van der Waals surface area contributed by atoms with Crippen LogP contribution in [0, 0.1) is 3.57 Å². The summed E-state index contributed by atoms with van der Waals surface area (Å²) in [5.41, 5.74) is 6.21. The van der Waals surface area contributed by atoms with Crippen molar-refractivity contribution in [3.05, 3.63) is 27.6 Å². The van der Waals surface area contributed by atoms with Gasteiger partial charge in [-0.2, -0.15) is 0 Å². The summed E-state index contributed by atoms with van der Waals surface area (Å²) in [6, 6.07) is 5.77. The quantitative estimate of drug-likeness (QED) is 0.531. The second kappa shape index (κ2) is 7.47. The number of hydrogen-bond acceptors (Lipinski definition) is 4. The fourth-order valence-electron chi connectivity index (χ4n) is 1.55. The third kappa shape index (κ3) is 4.35. The lowest BCUT2D eigenvalue weighted by Crippen LogP contribution is -2.16. The minimum absolute atomic E-state index is 0. The molecule has 0 aliphatic carbocycles.